The Morgan fingerprint density at radius 2 is 1.81 bits per heavy atom. The summed E-state index contributed by atoms with van der Waals surface area (Å²) in [7, 11) is 0. The van der Waals surface area contributed by atoms with Crippen LogP contribution in [0.1, 0.15) is 30.3 Å². The number of esters is 1. The van der Waals surface area contributed by atoms with Crippen molar-refractivity contribution in [3.8, 4) is 0 Å². The molecular formula is C24H24N2O5. The van der Waals surface area contributed by atoms with Crippen LogP contribution in [0.4, 0.5) is 11.4 Å². The smallest absolute Gasteiger partial charge is 0.374 e. The van der Waals surface area contributed by atoms with E-state index in [1.807, 2.05) is 24.3 Å². The van der Waals surface area contributed by atoms with Gasteiger partial charge in [0.05, 0.1) is 5.39 Å². The standard InChI is InChI=1S/C24H24N2O5/c1-16-10-12-26(13-11-16)18-8-6-17(7-9-18)25-23(28)15-30-24(29)22-14-20(27)19-4-2-3-5-21(19)31-22/h2-9,14,16H,10-13,15H2,1H3,(H,25,28). The number of piperidine rings is 1. The van der Waals surface area contributed by atoms with E-state index < -0.39 is 18.5 Å². The molecule has 1 N–H and O–H groups in total. The van der Waals surface area contributed by atoms with Crippen molar-refractivity contribution in [1.82, 2.24) is 0 Å². The molecule has 0 saturated carbocycles. The van der Waals surface area contributed by atoms with Crippen molar-refractivity contribution >= 4 is 34.2 Å². The summed E-state index contributed by atoms with van der Waals surface area (Å²) in [6, 6.07) is 15.3. The van der Waals surface area contributed by atoms with E-state index in [0.29, 0.717) is 11.1 Å². The summed E-state index contributed by atoms with van der Waals surface area (Å²) < 4.78 is 10.4. The maximum atomic E-state index is 12.2. The molecule has 1 fully saturated rings. The van der Waals surface area contributed by atoms with E-state index in [9.17, 15) is 14.4 Å². The average Bonchev–Trinajstić information content (AvgIpc) is 2.78. The molecule has 2 heterocycles. The number of hydrogen-bond acceptors (Lipinski definition) is 6. The normalized spacial score (nSPS) is 14.4. The predicted octanol–water partition coefficient (Wildman–Crippen LogP) is 3.82. The molecule has 160 valence electrons. The third-order valence-electron chi connectivity index (χ3n) is 5.47. The van der Waals surface area contributed by atoms with Crippen LogP contribution in [0.15, 0.2) is 63.8 Å². The number of benzene rings is 2. The highest BCUT2D eigenvalue weighted by atomic mass is 16.5. The average molecular weight is 420 g/mol. The molecule has 0 unspecified atom stereocenters. The van der Waals surface area contributed by atoms with Gasteiger partial charge in [-0.2, -0.15) is 0 Å². The molecule has 1 amide bonds. The lowest BCUT2D eigenvalue weighted by atomic mass is 9.99. The number of carbonyl (C=O) groups excluding carboxylic acids is 2. The van der Waals surface area contributed by atoms with Crippen LogP contribution in [0, 0.1) is 5.92 Å². The first-order valence-corrected chi connectivity index (χ1v) is 10.3. The fourth-order valence-corrected chi connectivity index (χ4v) is 3.63. The molecule has 1 aromatic heterocycles. The highest BCUT2D eigenvalue weighted by Crippen LogP contribution is 2.24. The van der Waals surface area contributed by atoms with Gasteiger partial charge >= 0.3 is 5.97 Å². The Balaban J connectivity index is 1.32. The van der Waals surface area contributed by atoms with E-state index in [1.54, 1.807) is 24.3 Å². The highest BCUT2D eigenvalue weighted by molar-refractivity contribution is 5.95. The quantitative estimate of drug-likeness (QED) is 0.631. The maximum Gasteiger partial charge on any atom is 0.374 e. The second kappa shape index (κ2) is 9.04. The Morgan fingerprint density at radius 3 is 2.55 bits per heavy atom. The van der Waals surface area contributed by atoms with E-state index in [-0.39, 0.29) is 16.8 Å². The largest absolute Gasteiger partial charge is 0.450 e. The van der Waals surface area contributed by atoms with Crippen LogP contribution in [-0.2, 0) is 9.53 Å². The van der Waals surface area contributed by atoms with Crippen molar-refractivity contribution in [3.05, 3.63) is 70.6 Å². The van der Waals surface area contributed by atoms with Crippen molar-refractivity contribution < 1.29 is 18.7 Å². The molecule has 7 nitrogen and oxygen atoms in total. The summed E-state index contributed by atoms with van der Waals surface area (Å²) in [5.74, 6) is -0.819. The van der Waals surface area contributed by atoms with Gasteiger partial charge in [-0.25, -0.2) is 4.79 Å². The van der Waals surface area contributed by atoms with Crippen molar-refractivity contribution in [2.24, 2.45) is 5.92 Å². The number of para-hydroxylation sites is 1. The molecule has 0 spiro atoms. The number of nitrogens with zero attached hydrogens (tertiary/aromatic N) is 1. The molecule has 1 aliphatic rings. The zero-order valence-electron chi connectivity index (χ0n) is 17.3. The first-order valence-electron chi connectivity index (χ1n) is 10.3. The summed E-state index contributed by atoms with van der Waals surface area (Å²) >= 11 is 0. The SMILES string of the molecule is CC1CCN(c2ccc(NC(=O)COC(=O)c3cc(=O)c4ccccc4o3)cc2)CC1. The Bertz CT molecular complexity index is 1140. The third-order valence-corrected chi connectivity index (χ3v) is 5.47. The van der Waals surface area contributed by atoms with Gasteiger partial charge in [0.1, 0.15) is 5.58 Å². The lowest BCUT2D eigenvalue weighted by molar-refractivity contribution is -0.119. The van der Waals surface area contributed by atoms with Crippen LogP contribution in [0.3, 0.4) is 0 Å². The van der Waals surface area contributed by atoms with Gasteiger partial charge in [0.2, 0.25) is 5.76 Å². The summed E-state index contributed by atoms with van der Waals surface area (Å²) in [5, 5.41) is 3.07. The third kappa shape index (κ3) is 4.94. The molecule has 0 atom stereocenters. The zero-order valence-corrected chi connectivity index (χ0v) is 17.3. The van der Waals surface area contributed by atoms with Gasteiger partial charge < -0.3 is 19.4 Å². The molecular weight excluding hydrogens is 396 g/mol. The summed E-state index contributed by atoms with van der Waals surface area (Å²) in [5.41, 5.74) is 1.69. The number of hydrogen-bond donors (Lipinski definition) is 1. The molecule has 3 aromatic rings. The minimum absolute atomic E-state index is 0.239. The highest BCUT2D eigenvalue weighted by Gasteiger charge is 2.17. The number of anilines is 2. The van der Waals surface area contributed by atoms with E-state index in [2.05, 4.69) is 17.1 Å². The van der Waals surface area contributed by atoms with Gasteiger partial charge in [0.15, 0.2) is 12.0 Å². The molecule has 31 heavy (non-hydrogen) atoms. The number of fused-ring (bicyclic) bond motifs is 1. The van der Waals surface area contributed by atoms with Gasteiger partial charge in [-0.3, -0.25) is 9.59 Å². The van der Waals surface area contributed by atoms with E-state index in [0.717, 1.165) is 30.8 Å². The van der Waals surface area contributed by atoms with Gasteiger partial charge in [0.25, 0.3) is 5.91 Å². The predicted molar refractivity (Wildman–Crippen MR) is 118 cm³/mol. The van der Waals surface area contributed by atoms with Crippen LogP contribution in [0.25, 0.3) is 11.0 Å². The number of ether oxygens (including phenoxy) is 1. The minimum atomic E-state index is -0.868. The topological polar surface area (TPSA) is 88.9 Å². The molecule has 0 bridgehead atoms. The van der Waals surface area contributed by atoms with Crippen LogP contribution in [0.2, 0.25) is 0 Å². The van der Waals surface area contributed by atoms with E-state index in [4.69, 9.17) is 9.15 Å². The summed E-state index contributed by atoms with van der Waals surface area (Å²) in [4.78, 5) is 38.8. The number of carbonyl (C=O) groups is 2. The Kier molecular flexibility index (Phi) is 6.02. The second-order valence-electron chi connectivity index (χ2n) is 7.81. The molecule has 1 aliphatic heterocycles. The Labute approximate surface area is 179 Å². The molecule has 2 aromatic carbocycles. The molecule has 4 rings (SSSR count). The fraction of sp³-hybridized carbons (Fsp3) is 0.292. The van der Waals surface area contributed by atoms with Crippen molar-refractivity contribution in [2.75, 3.05) is 29.9 Å². The first kappa shape index (κ1) is 20.7. The second-order valence-corrected chi connectivity index (χ2v) is 7.81. The van der Waals surface area contributed by atoms with E-state index in [1.165, 1.54) is 12.8 Å². The molecule has 1 saturated heterocycles. The summed E-state index contributed by atoms with van der Waals surface area (Å²) in [6.45, 7) is 3.86. The van der Waals surface area contributed by atoms with Gasteiger partial charge in [0, 0.05) is 30.5 Å². The van der Waals surface area contributed by atoms with Crippen molar-refractivity contribution in [1.29, 1.82) is 0 Å². The van der Waals surface area contributed by atoms with Gasteiger partial charge in [-0.15, -0.1) is 0 Å². The van der Waals surface area contributed by atoms with Gasteiger partial charge in [-0.05, 0) is 55.2 Å². The lowest BCUT2D eigenvalue weighted by Gasteiger charge is -2.32. The van der Waals surface area contributed by atoms with Crippen molar-refractivity contribution in [2.45, 2.75) is 19.8 Å². The van der Waals surface area contributed by atoms with Gasteiger partial charge in [-0.1, -0.05) is 19.1 Å². The molecule has 0 radical (unpaired) electrons. The Hall–Kier alpha value is -3.61. The van der Waals surface area contributed by atoms with Crippen LogP contribution < -0.4 is 15.6 Å². The van der Waals surface area contributed by atoms with Crippen molar-refractivity contribution in [3.63, 3.8) is 0 Å². The Morgan fingerprint density at radius 1 is 1.10 bits per heavy atom. The molecule has 7 heteroatoms. The minimum Gasteiger partial charge on any atom is -0.450 e. The summed E-state index contributed by atoms with van der Waals surface area (Å²) in [6.07, 6.45) is 2.36. The van der Waals surface area contributed by atoms with Crippen LogP contribution >= 0.6 is 0 Å². The number of nitrogens with one attached hydrogen (secondary N) is 1. The van der Waals surface area contributed by atoms with E-state index >= 15 is 0 Å². The zero-order chi connectivity index (χ0) is 21.8. The first-order chi connectivity index (χ1) is 15.0. The maximum absolute atomic E-state index is 12.2. The van der Waals surface area contributed by atoms with Crippen LogP contribution in [0.5, 0.6) is 0 Å². The monoisotopic (exact) mass is 420 g/mol. The number of rotatable bonds is 5. The van der Waals surface area contributed by atoms with Crippen LogP contribution in [-0.4, -0.2) is 31.6 Å². The number of amides is 1. The lowest BCUT2D eigenvalue weighted by Crippen LogP contribution is -2.32. The fourth-order valence-electron chi connectivity index (χ4n) is 3.63. The molecule has 0 aliphatic carbocycles.